The molecule has 0 aliphatic heterocycles. The normalized spacial score (nSPS) is 11.6. The van der Waals surface area contributed by atoms with Crippen LogP contribution in [0.2, 0.25) is 0 Å². The molecule has 0 saturated heterocycles. The molecule has 5 heteroatoms. The van der Waals surface area contributed by atoms with Gasteiger partial charge in [-0.2, -0.15) is 0 Å². The number of hydrogen-bond donors (Lipinski definition) is 2. The molecule has 2 N–H and O–H groups in total. The predicted molar refractivity (Wildman–Crippen MR) is 95.3 cm³/mol. The van der Waals surface area contributed by atoms with E-state index in [1.807, 2.05) is 49.4 Å². The average Bonchev–Trinajstić information content (AvgIpc) is 2.57. The van der Waals surface area contributed by atoms with E-state index in [1.54, 1.807) is 12.1 Å². The molecule has 0 aromatic heterocycles. The van der Waals surface area contributed by atoms with Crippen molar-refractivity contribution in [2.24, 2.45) is 0 Å². The van der Waals surface area contributed by atoms with Gasteiger partial charge in [-0.1, -0.05) is 53.2 Å². The van der Waals surface area contributed by atoms with Gasteiger partial charge in [0.1, 0.15) is 0 Å². The Kier molecular flexibility index (Phi) is 6.35. The third kappa shape index (κ3) is 5.21. The number of rotatable bonds is 6. The fraction of sp³-hybridized carbons (Fsp3) is 0.222. The Bertz CT molecular complexity index is 656. The first-order chi connectivity index (χ1) is 11.1. The molecule has 2 aromatic rings. The molecule has 1 unspecified atom stereocenters. The van der Waals surface area contributed by atoms with Crippen molar-refractivity contribution in [1.29, 1.82) is 0 Å². The van der Waals surface area contributed by atoms with Gasteiger partial charge in [-0.3, -0.25) is 9.59 Å². The van der Waals surface area contributed by atoms with Gasteiger partial charge in [0, 0.05) is 10.2 Å². The minimum Gasteiger partial charge on any atom is -0.346 e. The second-order valence-electron chi connectivity index (χ2n) is 5.14. The summed E-state index contributed by atoms with van der Waals surface area (Å²) in [7, 11) is 0. The molecule has 0 aliphatic carbocycles. The fourth-order valence-corrected chi connectivity index (χ4v) is 2.55. The van der Waals surface area contributed by atoms with Crippen molar-refractivity contribution in [2.75, 3.05) is 11.9 Å². The zero-order valence-electron chi connectivity index (χ0n) is 12.9. The van der Waals surface area contributed by atoms with Gasteiger partial charge in [-0.15, -0.1) is 0 Å². The lowest BCUT2D eigenvalue weighted by Gasteiger charge is -2.15. The van der Waals surface area contributed by atoms with Gasteiger partial charge in [0.15, 0.2) is 0 Å². The Morgan fingerprint density at radius 1 is 1.04 bits per heavy atom. The number of anilines is 1. The molecule has 0 spiro atoms. The van der Waals surface area contributed by atoms with Gasteiger partial charge < -0.3 is 10.6 Å². The average molecular weight is 375 g/mol. The Hall–Kier alpha value is -2.14. The highest BCUT2D eigenvalue weighted by atomic mass is 79.9. The monoisotopic (exact) mass is 374 g/mol. The van der Waals surface area contributed by atoms with Gasteiger partial charge in [-0.25, -0.2) is 0 Å². The standard InChI is InChI=1S/C18H19BrN2O2/c1-2-16(13-6-4-3-5-7-13)18(23)20-12-17(22)21-15-10-8-14(19)9-11-15/h3-11,16H,2,12H2,1H3,(H,20,23)(H,21,22). The number of carbonyl (C=O) groups is 2. The minimum atomic E-state index is -0.247. The minimum absolute atomic E-state index is 0.0434. The van der Waals surface area contributed by atoms with E-state index in [-0.39, 0.29) is 24.3 Å². The highest BCUT2D eigenvalue weighted by Crippen LogP contribution is 2.19. The van der Waals surface area contributed by atoms with Crippen molar-refractivity contribution in [2.45, 2.75) is 19.3 Å². The summed E-state index contributed by atoms with van der Waals surface area (Å²) in [5.41, 5.74) is 1.66. The highest BCUT2D eigenvalue weighted by Gasteiger charge is 2.18. The van der Waals surface area contributed by atoms with Crippen LogP contribution in [0.4, 0.5) is 5.69 Å². The zero-order valence-corrected chi connectivity index (χ0v) is 14.5. The maximum absolute atomic E-state index is 12.3. The molecule has 0 fully saturated rings. The molecule has 0 heterocycles. The van der Waals surface area contributed by atoms with Crippen LogP contribution in [-0.2, 0) is 9.59 Å². The lowest BCUT2D eigenvalue weighted by Crippen LogP contribution is -2.35. The van der Waals surface area contributed by atoms with Crippen LogP contribution in [0.1, 0.15) is 24.8 Å². The quantitative estimate of drug-likeness (QED) is 0.809. The van der Waals surface area contributed by atoms with E-state index in [0.29, 0.717) is 12.1 Å². The van der Waals surface area contributed by atoms with Crippen molar-refractivity contribution in [1.82, 2.24) is 5.32 Å². The van der Waals surface area contributed by atoms with Crippen molar-refractivity contribution in [3.63, 3.8) is 0 Å². The maximum atomic E-state index is 12.3. The molecule has 120 valence electrons. The summed E-state index contributed by atoms with van der Waals surface area (Å²) in [6.45, 7) is 1.91. The number of benzene rings is 2. The van der Waals surface area contributed by atoms with Crippen LogP contribution in [0.25, 0.3) is 0 Å². The van der Waals surface area contributed by atoms with Crippen LogP contribution in [0.3, 0.4) is 0 Å². The molecule has 0 saturated carbocycles. The first-order valence-corrected chi connectivity index (χ1v) is 8.27. The molecular formula is C18H19BrN2O2. The number of halogens is 1. The lowest BCUT2D eigenvalue weighted by molar-refractivity contribution is -0.125. The Labute approximate surface area is 144 Å². The van der Waals surface area contributed by atoms with E-state index in [4.69, 9.17) is 0 Å². The van der Waals surface area contributed by atoms with Crippen molar-refractivity contribution < 1.29 is 9.59 Å². The first-order valence-electron chi connectivity index (χ1n) is 7.48. The van der Waals surface area contributed by atoms with Crippen LogP contribution in [-0.4, -0.2) is 18.4 Å². The second-order valence-corrected chi connectivity index (χ2v) is 6.06. The van der Waals surface area contributed by atoms with Gasteiger partial charge in [0.25, 0.3) is 0 Å². The molecule has 1 atom stereocenters. The molecule has 4 nitrogen and oxygen atoms in total. The zero-order chi connectivity index (χ0) is 16.7. The van der Waals surface area contributed by atoms with Gasteiger partial charge in [0.2, 0.25) is 11.8 Å². The summed E-state index contributed by atoms with van der Waals surface area (Å²) in [6.07, 6.45) is 0.685. The van der Waals surface area contributed by atoms with Crippen molar-refractivity contribution >= 4 is 33.4 Å². The van der Waals surface area contributed by atoms with Crippen molar-refractivity contribution in [3.05, 3.63) is 64.6 Å². The fourth-order valence-electron chi connectivity index (χ4n) is 2.29. The van der Waals surface area contributed by atoms with Crippen molar-refractivity contribution in [3.8, 4) is 0 Å². The summed E-state index contributed by atoms with van der Waals surface area (Å²) < 4.78 is 0.942. The third-order valence-corrected chi connectivity index (χ3v) is 4.01. The number of hydrogen-bond acceptors (Lipinski definition) is 2. The molecular weight excluding hydrogens is 356 g/mol. The molecule has 2 amide bonds. The Balaban J connectivity index is 1.87. The highest BCUT2D eigenvalue weighted by molar-refractivity contribution is 9.10. The summed E-state index contributed by atoms with van der Waals surface area (Å²) in [5, 5.41) is 5.45. The molecule has 23 heavy (non-hydrogen) atoms. The molecule has 0 aliphatic rings. The third-order valence-electron chi connectivity index (χ3n) is 3.48. The van der Waals surface area contributed by atoms with Gasteiger partial charge in [0.05, 0.1) is 12.5 Å². The Morgan fingerprint density at radius 3 is 2.30 bits per heavy atom. The molecule has 2 rings (SSSR count). The second kappa shape index (κ2) is 8.48. The molecule has 2 aromatic carbocycles. The van der Waals surface area contributed by atoms with Crippen LogP contribution in [0, 0.1) is 0 Å². The number of amides is 2. The summed E-state index contributed by atoms with van der Waals surface area (Å²) in [6, 6.07) is 16.9. The van der Waals surface area contributed by atoms with Crippen LogP contribution >= 0.6 is 15.9 Å². The SMILES string of the molecule is CCC(C(=O)NCC(=O)Nc1ccc(Br)cc1)c1ccccc1. The van der Waals surface area contributed by atoms with Gasteiger partial charge >= 0.3 is 0 Å². The summed E-state index contributed by atoms with van der Waals surface area (Å²) in [5.74, 6) is -0.620. The predicted octanol–water partition coefficient (Wildman–Crippen LogP) is 3.70. The topological polar surface area (TPSA) is 58.2 Å². The smallest absolute Gasteiger partial charge is 0.243 e. The van der Waals surface area contributed by atoms with Crippen LogP contribution in [0.15, 0.2) is 59.1 Å². The summed E-state index contributed by atoms with van der Waals surface area (Å²) in [4.78, 5) is 24.2. The number of carbonyl (C=O) groups excluding carboxylic acids is 2. The van der Waals surface area contributed by atoms with E-state index in [2.05, 4.69) is 26.6 Å². The van der Waals surface area contributed by atoms with Gasteiger partial charge in [-0.05, 0) is 36.2 Å². The van der Waals surface area contributed by atoms with E-state index in [1.165, 1.54) is 0 Å². The maximum Gasteiger partial charge on any atom is 0.243 e. The summed E-state index contributed by atoms with van der Waals surface area (Å²) >= 11 is 3.34. The van der Waals surface area contributed by atoms with E-state index in [0.717, 1.165) is 10.0 Å². The lowest BCUT2D eigenvalue weighted by atomic mass is 9.96. The van der Waals surface area contributed by atoms with E-state index >= 15 is 0 Å². The molecule has 0 bridgehead atoms. The molecule has 0 radical (unpaired) electrons. The van der Waals surface area contributed by atoms with Crippen LogP contribution in [0.5, 0.6) is 0 Å². The number of nitrogens with one attached hydrogen (secondary N) is 2. The Morgan fingerprint density at radius 2 is 1.70 bits per heavy atom. The van der Waals surface area contributed by atoms with E-state index < -0.39 is 0 Å². The van der Waals surface area contributed by atoms with E-state index in [9.17, 15) is 9.59 Å². The largest absolute Gasteiger partial charge is 0.346 e. The first kappa shape index (κ1) is 17.2. The van der Waals surface area contributed by atoms with Crippen LogP contribution < -0.4 is 10.6 Å².